The SMILES string of the molecule is CC(C)CCN1[C@H](C)CN(Cc2ccc(C(=O)O)cc2)C[C@@H]1C. The minimum absolute atomic E-state index is 0.356. The second-order valence-corrected chi connectivity index (χ2v) is 7.31. The number of aromatic carboxylic acids is 1. The molecule has 2 rings (SSSR count). The first-order valence-corrected chi connectivity index (χ1v) is 8.67. The van der Waals surface area contributed by atoms with Gasteiger partial charge in [-0.25, -0.2) is 4.79 Å². The van der Waals surface area contributed by atoms with Crippen LogP contribution < -0.4 is 0 Å². The van der Waals surface area contributed by atoms with Gasteiger partial charge in [0.25, 0.3) is 0 Å². The van der Waals surface area contributed by atoms with E-state index in [9.17, 15) is 4.79 Å². The van der Waals surface area contributed by atoms with Crippen LogP contribution in [-0.4, -0.2) is 52.6 Å². The molecule has 1 aromatic rings. The molecule has 1 aromatic carbocycles. The summed E-state index contributed by atoms with van der Waals surface area (Å²) in [5.74, 6) is -0.113. The Hall–Kier alpha value is -1.39. The fourth-order valence-electron chi connectivity index (χ4n) is 3.45. The standard InChI is InChI=1S/C19H30N2O2/c1-14(2)9-10-21-15(3)11-20(12-16(21)4)13-17-5-7-18(8-6-17)19(22)23/h5-8,14-16H,9-13H2,1-4H3,(H,22,23)/t15-,16+. The Balaban J connectivity index is 1.92. The van der Waals surface area contributed by atoms with Crippen molar-refractivity contribution in [2.45, 2.75) is 52.7 Å². The third kappa shape index (κ3) is 5.05. The number of nitrogens with zero attached hydrogens (tertiary/aromatic N) is 2. The molecule has 2 atom stereocenters. The lowest BCUT2D eigenvalue weighted by Gasteiger charge is -2.45. The molecule has 128 valence electrons. The molecule has 23 heavy (non-hydrogen) atoms. The van der Waals surface area contributed by atoms with Crippen LogP contribution >= 0.6 is 0 Å². The molecule has 0 radical (unpaired) electrons. The smallest absolute Gasteiger partial charge is 0.335 e. The molecule has 1 saturated heterocycles. The molecule has 1 aliphatic rings. The summed E-state index contributed by atoms with van der Waals surface area (Å²) in [6, 6.07) is 8.40. The summed E-state index contributed by atoms with van der Waals surface area (Å²) in [7, 11) is 0. The van der Waals surface area contributed by atoms with Gasteiger partial charge in [-0.3, -0.25) is 9.80 Å². The zero-order valence-electron chi connectivity index (χ0n) is 14.8. The predicted molar refractivity (Wildman–Crippen MR) is 93.8 cm³/mol. The molecule has 1 fully saturated rings. The van der Waals surface area contributed by atoms with Gasteiger partial charge in [-0.1, -0.05) is 26.0 Å². The molecule has 1 aliphatic heterocycles. The van der Waals surface area contributed by atoms with E-state index >= 15 is 0 Å². The Morgan fingerprint density at radius 3 is 2.22 bits per heavy atom. The molecule has 0 saturated carbocycles. The number of hydrogen-bond donors (Lipinski definition) is 1. The maximum absolute atomic E-state index is 10.9. The minimum atomic E-state index is -0.863. The number of benzene rings is 1. The summed E-state index contributed by atoms with van der Waals surface area (Å²) in [5.41, 5.74) is 1.54. The van der Waals surface area contributed by atoms with Crippen molar-refractivity contribution < 1.29 is 9.90 Å². The normalized spacial score (nSPS) is 23.3. The van der Waals surface area contributed by atoms with Crippen molar-refractivity contribution in [2.75, 3.05) is 19.6 Å². The van der Waals surface area contributed by atoms with Crippen LogP contribution in [0.25, 0.3) is 0 Å². The summed E-state index contributed by atoms with van der Waals surface area (Å²) in [4.78, 5) is 16.0. The lowest BCUT2D eigenvalue weighted by atomic mass is 10.0. The third-order valence-electron chi connectivity index (χ3n) is 4.75. The Labute approximate surface area is 140 Å². The van der Waals surface area contributed by atoms with Gasteiger partial charge in [0.15, 0.2) is 0 Å². The minimum Gasteiger partial charge on any atom is -0.478 e. The first-order valence-electron chi connectivity index (χ1n) is 8.67. The van der Waals surface area contributed by atoms with Crippen molar-refractivity contribution in [3.05, 3.63) is 35.4 Å². The molecule has 4 nitrogen and oxygen atoms in total. The van der Waals surface area contributed by atoms with Crippen molar-refractivity contribution in [3.63, 3.8) is 0 Å². The summed E-state index contributed by atoms with van der Waals surface area (Å²) < 4.78 is 0. The molecule has 1 heterocycles. The highest BCUT2D eigenvalue weighted by molar-refractivity contribution is 5.87. The van der Waals surface area contributed by atoms with Gasteiger partial charge in [-0.2, -0.15) is 0 Å². The quantitative estimate of drug-likeness (QED) is 0.874. The average molecular weight is 318 g/mol. The Morgan fingerprint density at radius 2 is 1.74 bits per heavy atom. The first kappa shape index (κ1) is 18.0. The van der Waals surface area contributed by atoms with Gasteiger partial charge >= 0.3 is 5.97 Å². The van der Waals surface area contributed by atoms with Crippen molar-refractivity contribution in [1.82, 2.24) is 9.80 Å². The highest BCUT2D eigenvalue weighted by atomic mass is 16.4. The van der Waals surface area contributed by atoms with Gasteiger partial charge in [0.1, 0.15) is 0 Å². The van der Waals surface area contributed by atoms with Gasteiger partial charge in [-0.05, 0) is 50.4 Å². The van der Waals surface area contributed by atoms with E-state index in [0.29, 0.717) is 17.6 Å². The summed E-state index contributed by atoms with van der Waals surface area (Å²) in [6.45, 7) is 13.4. The molecule has 4 heteroatoms. The zero-order valence-corrected chi connectivity index (χ0v) is 14.8. The fraction of sp³-hybridized carbons (Fsp3) is 0.632. The number of carboxylic acid groups (broad SMARTS) is 1. The van der Waals surface area contributed by atoms with E-state index in [-0.39, 0.29) is 0 Å². The molecule has 0 aliphatic carbocycles. The van der Waals surface area contributed by atoms with E-state index in [2.05, 4.69) is 37.5 Å². The van der Waals surface area contributed by atoms with Crippen molar-refractivity contribution in [3.8, 4) is 0 Å². The van der Waals surface area contributed by atoms with E-state index < -0.39 is 5.97 Å². The van der Waals surface area contributed by atoms with E-state index in [1.165, 1.54) is 18.5 Å². The molecule has 0 amide bonds. The van der Waals surface area contributed by atoms with Crippen LogP contribution in [0.3, 0.4) is 0 Å². The van der Waals surface area contributed by atoms with Crippen LogP contribution in [0.2, 0.25) is 0 Å². The molecule has 1 N–H and O–H groups in total. The number of piperazine rings is 1. The van der Waals surface area contributed by atoms with Crippen LogP contribution in [-0.2, 0) is 6.54 Å². The summed E-state index contributed by atoms with van der Waals surface area (Å²) in [5, 5.41) is 8.97. The summed E-state index contributed by atoms with van der Waals surface area (Å²) in [6.07, 6.45) is 1.26. The molecular formula is C19H30N2O2. The second kappa shape index (κ2) is 7.93. The van der Waals surface area contributed by atoms with Crippen LogP contribution in [0.1, 0.15) is 50.0 Å². The van der Waals surface area contributed by atoms with Crippen molar-refractivity contribution >= 4 is 5.97 Å². The molecule has 0 unspecified atom stereocenters. The molecule has 0 aromatic heterocycles. The molecular weight excluding hydrogens is 288 g/mol. The summed E-state index contributed by atoms with van der Waals surface area (Å²) >= 11 is 0. The monoisotopic (exact) mass is 318 g/mol. The predicted octanol–water partition coefficient (Wildman–Crippen LogP) is 3.33. The van der Waals surface area contributed by atoms with E-state index in [1.54, 1.807) is 12.1 Å². The lowest BCUT2D eigenvalue weighted by Crippen LogP contribution is -2.56. The van der Waals surface area contributed by atoms with Crippen LogP contribution in [0.15, 0.2) is 24.3 Å². The zero-order chi connectivity index (χ0) is 17.0. The van der Waals surface area contributed by atoms with Gasteiger partial charge in [0.05, 0.1) is 5.56 Å². The Kier molecular flexibility index (Phi) is 6.19. The van der Waals surface area contributed by atoms with Crippen molar-refractivity contribution in [1.29, 1.82) is 0 Å². The molecule has 0 spiro atoms. The topological polar surface area (TPSA) is 43.8 Å². The van der Waals surface area contributed by atoms with Crippen molar-refractivity contribution in [2.24, 2.45) is 5.92 Å². The number of hydrogen-bond acceptors (Lipinski definition) is 3. The Bertz CT molecular complexity index is 501. The van der Waals surface area contributed by atoms with Gasteiger partial charge in [-0.15, -0.1) is 0 Å². The number of rotatable bonds is 6. The largest absolute Gasteiger partial charge is 0.478 e. The Morgan fingerprint density at radius 1 is 1.17 bits per heavy atom. The highest BCUT2D eigenvalue weighted by Gasteiger charge is 2.28. The lowest BCUT2D eigenvalue weighted by molar-refractivity contribution is 0.0320. The van der Waals surface area contributed by atoms with Crippen LogP contribution in [0.5, 0.6) is 0 Å². The van der Waals surface area contributed by atoms with Crippen LogP contribution in [0, 0.1) is 5.92 Å². The first-order chi connectivity index (χ1) is 10.9. The maximum Gasteiger partial charge on any atom is 0.335 e. The van der Waals surface area contributed by atoms with E-state index in [4.69, 9.17) is 5.11 Å². The second-order valence-electron chi connectivity index (χ2n) is 7.31. The van der Waals surface area contributed by atoms with Gasteiger partial charge in [0.2, 0.25) is 0 Å². The fourth-order valence-corrected chi connectivity index (χ4v) is 3.45. The number of carbonyl (C=O) groups is 1. The third-order valence-corrected chi connectivity index (χ3v) is 4.75. The van der Waals surface area contributed by atoms with E-state index in [1.807, 2.05) is 12.1 Å². The van der Waals surface area contributed by atoms with Gasteiger partial charge in [0, 0.05) is 31.7 Å². The molecule has 0 bridgehead atoms. The highest BCUT2D eigenvalue weighted by Crippen LogP contribution is 2.19. The van der Waals surface area contributed by atoms with E-state index in [0.717, 1.165) is 25.6 Å². The van der Waals surface area contributed by atoms with Gasteiger partial charge < -0.3 is 5.11 Å². The van der Waals surface area contributed by atoms with Crippen LogP contribution in [0.4, 0.5) is 0 Å². The number of carboxylic acids is 1. The average Bonchev–Trinajstić information content (AvgIpc) is 2.46. The maximum atomic E-state index is 10.9.